The van der Waals surface area contributed by atoms with E-state index in [4.69, 9.17) is 14.0 Å². The Labute approximate surface area is 235 Å². The Morgan fingerprint density at radius 3 is 2.39 bits per heavy atom. The number of nitrogens with one attached hydrogen (secondary N) is 2. The first kappa shape index (κ1) is 30.0. The Morgan fingerprint density at radius 2 is 1.76 bits per heavy atom. The van der Waals surface area contributed by atoms with Crippen molar-refractivity contribution in [2.75, 3.05) is 13.2 Å². The first-order valence-electron chi connectivity index (χ1n) is 13.3. The Morgan fingerprint density at radius 1 is 1.07 bits per heavy atom. The van der Waals surface area contributed by atoms with E-state index in [1.807, 2.05) is 0 Å². The highest BCUT2D eigenvalue weighted by molar-refractivity contribution is 5.89. The van der Waals surface area contributed by atoms with Crippen molar-refractivity contribution < 1.29 is 36.8 Å². The lowest BCUT2D eigenvalue weighted by atomic mass is 9.95. The molecular weight excluding hydrogens is 541 g/mol. The highest BCUT2D eigenvalue weighted by Crippen LogP contribution is 2.34. The number of hydrogen-bond donors (Lipinski definition) is 2. The fourth-order valence-electron chi connectivity index (χ4n) is 4.40. The number of carbonyl (C=O) groups excluding carboxylic acids is 2. The van der Waals surface area contributed by atoms with Gasteiger partial charge >= 0.3 is 24.1 Å². The molecular formula is C29H33F3N4O5. The van der Waals surface area contributed by atoms with Crippen LogP contribution in [0.3, 0.4) is 0 Å². The lowest BCUT2D eigenvalue weighted by Crippen LogP contribution is -2.32. The van der Waals surface area contributed by atoms with E-state index in [0.717, 1.165) is 25.0 Å². The molecule has 0 aliphatic carbocycles. The molecule has 2 N–H and O–H groups in total. The van der Waals surface area contributed by atoms with E-state index in [2.05, 4.69) is 20.8 Å². The van der Waals surface area contributed by atoms with Crippen molar-refractivity contribution in [2.24, 2.45) is 0 Å². The fraction of sp³-hybridized carbons (Fsp3) is 0.448. The summed E-state index contributed by atoms with van der Waals surface area (Å²) in [5.41, 5.74) is 0.494. The Hall–Kier alpha value is -3.93. The quantitative estimate of drug-likeness (QED) is 0.347. The Balaban J connectivity index is 1.48. The summed E-state index contributed by atoms with van der Waals surface area (Å²) in [6.07, 6.45) is -3.70. The molecule has 1 aromatic heterocycles. The summed E-state index contributed by atoms with van der Waals surface area (Å²) in [7, 11) is 0. The van der Waals surface area contributed by atoms with Crippen LogP contribution < -0.4 is 10.6 Å². The molecule has 9 nitrogen and oxygen atoms in total. The molecule has 1 aliphatic heterocycles. The van der Waals surface area contributed by atoms with Gasteiger partial charge in [-0.1, -0.05) is 35.5 Å². The molecule has 2 aromatic carbocycles. The second-order valence-electron chi connectivity index (χ2n) is 10.9. The SMILES string of the molecule is C[C@@H](NC(=O)c1nc(C2CCOCC2)no1)c1ccc(-c2cc(C(F)(F)F)ccc2CNC(=O)OC(C)(C)C)cc1. The molecule has 41 heavy (non-hydrogen) atoms. The minimum absolute atomic E-state index is 0.0311. The average Bonchev–Trinajstić information content (AvgIpc) is 3.42. The number of halogens is 3. The third kappa shape index (κ3) is 8.06. The summed E-state index contributed by atoms with van der Waals surface area (Å²) >= 11 is 0. The standard InChI is InChI=1S/C29H33F3N4O5/c1-17(34-25(37)26-35-24(36-41-26)20-11-13-39-14-12-20)18-5-7-19(8-6-18)23-15-22(29(30,31)32)10-9-21(23)16-33-27(38)40-28(2,3)4/h5-10,15,17,20H,11-14,16H2,1-4H3,(H,33,38)(H,34,37)/t17-/m1/s1. The summed E-state index contributed by atoms with van der Waals surface area (Å²) in [5, 5.41) is 9.35. The lowest BCUT2D eigenvalue weighted by Gasteiger charge is -2.20. The minimum atomic E-state index is -4.54. The van der Waals surface area contributed by atoms with Gasteiger partial charge in [-0.15, -0.1) is 0 Å². The third-order valence-corrected chi connectivity index (χ3v) is 6.55. The molecule has 0 saturated carbocycles. The van der Waals surface area contributed by atoms with Crippen LogP contribution >= 0.6 is 0 Å². The zero-order chi connectivity index (χ0) is 29.8. The van der Waals surface area contributed by atoms with Crippen LogP contribution in [0.4, 0.5) is 18.0 Å². The van der Waals surface area contributed by atoms with Crippen LogP contribution in [0.2, 0.25) is 0 Å². The van der Waals surface area contributed by atoms with Gasteiger partial charge in [0.2, 0.25) is 0 Å². The maximum atomic E-state index is 13.5. The van der Waals surface area contributed by atoms with Gasteiger partial charge in [-0.3, -0.25) is 4.79 Å². The molecule has 1 saturated heterocycles. The number of alkyl carbamates (subject to hydrolysis) is 1. The molecule has 3 aromatic rings. The van der Waals surface area contributed by atoms with Crippen LogP contribution in [0.5, 0.6) is 0 Å². The van der Waals surface area contributed by atoms with Crippen LogP contribution in [0, 0.1) is 0 Å². The number of nitrogens with zero attached hydrogens (tertiary/aromatic N) is 2. The summed E-state index contributed by atoms with van der Waals surface area (Å²) in [6.45, 7) is 8.10. The fourth-order valence-corrected chi connectivity index (χ4v) is 4.40. The normalized spacial score (nSPS) is 15.3. The highest BCUT2D eigenvalue weighted by atomic mass is 19.4. The summed E-state index contributed by atoms with van der Waals surface area (Å²) in [5.74, 6) is -0.102. The molecule has 1 atom stereocenters. The van der Waals surface area contributed by atoms with E-state index < -0.39 is 35.4 Å². The number of rotatable bonds is 7. The average molecular weight is 575 g/mol. The third-order valence-electron chi connectivity index (χ3n) is 6.55. The lowest BCUT2D eigenvalue weighted by molar-refractivity contribution is -0.137. The number of benzene rings is 2. The molecule has 4 rings (SSSR count). The van der Waals surface area contributed by atoms with Crippen molar-refractivity contribution in [3.63, 3.8) is 0 Å². The summed E-state index contributed by atoms with van der Waals surface area (Å²) in [6, 6.07) is 9.68. The molecule has 2 amide bonds. The van der Waals surface area contributed by atoms with Crippen molar-refractivity contribution in [1.82, 2.24) is 20.8 Å². The van der Waals surface area contributed by atoms with Crippen molar-refractivity contribution in [1.29, 1.82) is 0 Å². The largest absolute Gasteiger partial charge is 0.444 e. The van der Waals surface area contributed by atoms with Gasteiger partial charge in [-0.25, -0.2) is 4.79 Å². The molecule has 1 fully saturated rings. The smallest absolute Gasteiger partial charge is 0.416 e. The van der Waals surface area contributed by atoms with Crippen molar-refractivity contribution >= 4 is 12.0 Å². The van der Waals surface area contributed by atoms with Gasteiger partial charge in [0, 0.05) is 25.7 Å². The first-order chi connectivity index (χ1) is 19.3. The van der Waals surface area contributed by atoms with E-state index in [1.165, 1.54) is 6.07 Å². The topological polar surface area (TPSA) is 116 Å². The first-order valence-corrected chi connectivity index (χ1v) is 13.3. The number of carbonyl (C=O) groups is 2. The van der Waals surface area contributed by atoms with Gasteiger partial charge in [0.25, 0.3) is 0 Å². The van der Waals surface area contributed by atoms with E-state index in [0.29, 0.717) is 41.3 Å². The summed E-state index contributed by atoms with van der Waals surface area (Å²) < 4.78 is 56.2. The number of alkyl halides is 3. The van der Waals surface area contributed by atoms with Gasteiger partial charge in [0.15, 0.2) is 5.82 Å². The van der Waals surface area contributed by atoms with Crippen LogP contribution in [0.1, 0.15) is 85.7 Å². The second-order valence-corrected chi connectivity index (χ2v) is 10.9. The zero-order valence-electron chi connectivity index (χ0n) is 23.3. The molecule has 1 aliphatic rings. The molecule has 0 spiro atoms. The second kappa shape index (κ2) is 12.3. The van der Waals surface area contributed by atoms with Crippen molar-refractivity contribution in [3.8, 4) is 11.1 Å². The number of aromatic nitrogens is 2. The van der Waals surface area contributed by atoms with Gasteiger partial charge in [-0.2, -0.15) is 18.2 Å². The molecule has 0 bridgehead atoms. The zero-order valence-corrected chi connectivity index (χ0v) is 23.3. The van der Waals surface area contributed by atoms with Crippen LogP contribution in [0.15, 0.2) is 47.0 Å². The molecule has 12 heteroatoms. The Kier molecular flexibility index (Phi) is 9.01. The predicted octanol–water partition coefficient (Wildman–Crippen LogP) is 6.17. The van der Waals surface area contributed by atoms with Gasteiger partial charge in [0.1, 0.15) is 5.60 Å². The Bertz CT molecular complexity index is 1360. The van der Waals surface area contributed by atoms with Crippen molar-refractivity contribution in [2.45, 2.75) is 70.8 Å². The minimum Gasteiger partial charge on any atom is -0.444 e. The maximum absolute atomic E-state index is 13.5. The van der Waals surface area contributed by atoms with Crippen LogP contribution in [-0.4, -0.2) is 41.0 Å². The van der Waals surface area contributed by atoms with Crippen LogP contribution in [0.25, 0.3) is 11.1 Å². The van der Waals surface area contributed by atoms with Crippen molar-refractivity contribution in [3.05, 3.63) is 70.9 Å². The van der Waals surface area contributed by atoms with Gasteiger partial charge in [0.05, 0.1) is 11.6 Å². The number of hydrogen-bond acceptors (Lipinski definition) is 7. The predicted molar refractivity (Wildman–Crippen MR) is 143 cm³/mol. The van der Waals surface area contributed by atoms with Gasteiger partial charge in [-0.05, 0) is 74.9 Å². The van der Waals surface area contributed by atoms with E-state index in [-0.39, 0.29) is 18.4 Å². The number of amides is 2. The highest BCUT2D eigenvalue weighted by Gasteiger charge is 2.31. The van der Waals surface area contributed by atoms with Gasteiger partial charge < -0.3 is 24.6 Å². The summed E-state index contributed by atoms with van der Waals surface area (Å²) in [4.78, 5) is 29.1. The van der Waals surface area contributed by atoms with Crippen LogP contribution in [-0.2, 0) is 22.2 Å². The van der Waals surface area contributed by atoms with E-state index in [9.17, 15) is 22.8 Å². The maximum Gasteiger partial charge on any atom is 0.416 e. The molecule has 220 valence electrons. The van der Waals surface area contributed by atoms with E-state index >= 15 is 0 Å². The monoisotopic (exact) mass is 574 g/mol. The number of ether oxygens (including phenoxy) is 2. The molecule has 2 heterocycles. The molecule has 0 unspecified atom stereocenters. The van der Waals surface area contributed by atoms with E-state index in [1.54, 1.807) is 52.0 Å². The molecule has 0 radical (unpaired) electrons.